The van der Waals surface area contributed by atoms with E-state index < -0.39 is 11.7 Å². The number of aryl methyl sites for hydroxylation is 2. The first-order chi connectivity index (χ1) is 11.7. The van der Waals surface area contributed by atoms with E-state index in [-0.39, 0.29) is 0 Å². The van der Waals surface area contributed by atoms with Gasteiger partial charge in [0.15, 0.2) is 0 Å². The van der Waals surface area contributed by atoms with Crippen molar-refractivity contribution in [2.24, 2.45) is 0 Å². The SMILES string of the molecule is COc1cc(NCc2c(C)noc2C)ccc1NC(=O)OC(C)(C)C. The molecule has 7 nitrogen and oxygen atoms in total. The van der Waals surface area contributed by atoms with Crippen molar-refractivity contribution in [2.75, 3.05) is 17.7 Å². The maximum absolute atomic E-state index is 11.9. The Morgan fingerprint density at radius 2 is 2.00 bits per heavy atom. The van der Waals surface area contributed by atoms with Gasteiger partial charge in [-0.05, 0) is 46.8 Å². The van der Waals surface area contributed by atoms with Crippen LogP contribution in [0.15, 0.2) is 22.7 Å². The molecule has 0 saturated carbocycles. The van der Waals surface area contributed by atoms with Crippen molar-refractivity contribution in [3.63, 3.8) is 0 Å². The minimum Gasteiger partial charge on any atom is -0.494 e. The second kappa shape index (κ2) is 7.46. The Balaban J connectivity index is 2.07. The Labute approximate surface area is 147 Å². The minimum absolute atomic E-state index is 0.526. The highest BCUT2D eigenvalue weighted by Gasteiger charge is 2.17. The second-order valence-corrected chi connectivity index (χ2v) is 6.70. The first-order valence-electron chi connectivity index (χ1n) is 8.03. The third-order valence-corrected chi connectivity index (χ3v) is 3.49. The van der Waals surface area contributed by atoms with Crippen LogP contribution in [0.3, 0.4) is 0 Å². The quantitative estimate of drug-likeness (QED) is 0.840. The van der Waals surface area contributed by atoms with Crippen LogP contribution in [-0.4, -0.2) is 24.0 Å². The Kier molecular flexibility index (Phi) is 5.56. The zero-order valence-electron chi connectivity index (χ0n) is 15.5. The van der Waals surface area contributed by atoms with Gasteiger partial charge in [0.2, 0.25) is 0 Å². The summed E-state index contributed by atoms with van der Waals surface area (Å²) in [6, 6.07) is 5.43. The normalized spacial score (nSPS) is 11.1. The molecule has 0 aliphatic rings. The fourth-order valence-electron chi connectivity index (χ4n) is 2.26. The summed E-state index contributed by atoms with van der Waals surface area (Å²) in [7, 11) is 1.55. The Hall–Kier alpha value is -2.70. The van der Waals surface area contributed by atoms with E-state index in [1.807, 2.05) is 46.8 Å². The van der Waals surface area contributed by atoms with Gasteiger partial charge >= 0.3 is 6.09 Å². The van der Waals surface area contributed by atoms with Gasteiger partial charge in [0, 0.05) is 23.9 Å². The minimum atomic E-state index is -0.562. The molecule has 0 atom stereocenters. The molecule has 0 saturated heterocycles. The van der Waals surface area contributed by atoms with E-state index in [9.17, 15) is 4.79 Å². The van der Waals surface area contributed by atoms with Crippen molar-refractivity contribution in [1.82, 2.24) is 5.16 Å². The molecule has 136 valence electrons. The molecule has 0 spiro atoms. The molecular formula is C18H25N3O4. The summed E-state index contributed by atoms with van der Waals surface area (Å²) < 4.78 is 15.8. The molecule has 1 aromatic heterocycles. The zero-order valence-corrected chi connectivity index (χ0v) is 15.5. The van der Waals surface area contributed by atoms with Crippen molar-refractivity contribution >= 4 is 17.5 Å². The van der Waals surface area contributed by atoms with Crippen LogP contribution in [0, 0.1) is 13.8 Å². The summed E-state index contributed by atoms with van der Waals surface area (Å²) in [5.41, 5.74) is 2.72. The highest BCUT2D eigenvalue weighted by atomic mass is 16.6. The lowest BCUT2D eigenvalue weighted by molar-refractivity contribution is 0.0635. The number of ether oxygens (including phenoxy) is 2. The van der Waals surface area contributed by atoms with Gasteiger partial charge < -0.3 is 19.3 Å². The number of aromatic nitrogens is 1. The fraction of sp³-hybridized carbons (Fsp3) is 0.444. The van der Waals surface area contributed by atoms with Crippen molar-refractivity contribution in [1.29, 1.82) is 0 Å². The van der Waals surface area contributed by atoms with E-state index >= 15 is 0 Å². The third-order valence-electron chi connectivity index (χ3n) is 3.49. The van der Waals surface area contributed by atoms with Crippen LogP contribution < -0.4 is 15.4 Å². The number of methoxy groups -OCH3 is 1. The number of hydrogen-bond donors (Lipinski definition) is 2. The van der Waals surface area contributed by atoms with Crippen LogP contribution in [0.4, 0.5) is 16.2 Å². The fourth-order valence-corrected chi connectivity index (χ4v) is 2.26. The number of amides is 1. The van der Waals surface area contributed by atoms with Crippen molar-refractivity contribution in [3.05, 3.63) is 35.2 Å². The van der Waals surface area contributed by atoms with Gasteiger partial charge in [0.1, 0.15) is 17.1 Å². The van der Waals surface area contributed by atoms with E-state index in [2.05, 4.69) is 15.8 Å². The molecule has 1 amide bonds. The van der Waals surface area contributed by atoms with Crippen LogP contribution in [-0.2, 0) is 11.3 Å². The van der Waals surface area contributed by atoms with E-state index in [0.29, 0.717) is 18.0 Å². The summed E-state index contributed by atoms with van der Waals surface area (Å²) in [4.78, 5) is 11.9. The first kappa shape index (κ1) is 18.6. The van der Waals surface area contributed by atoms with Gasteiger partial charge in [-0.25, -0.2) is 4.79 Å². The van der Waals surface area contributed by atoms with Crippen molar-refractivity contribution in [2.45, 2.75) is 46.8 Å². The smallest absolute Gasteiger partial charge is 0.412 e. The van der Waals surface area contributed by atoms with Crippen LogP contribution in [0.1, 0.15) is 37.8 Å². The number of hydrogen-bond acceptors (Lipinski definition) is 6. The molecule has 7 heteroatoms. The highest BCUT2D eigenvalue weighted by Crippen LogP contribution is 2.29. The molecular weight excluding hydrogens is 322 g/mol. The molecule has 0 aliphatic carbocycles. The second-order valence-electron chi connectivity index (χ2n) is 6.70. The molecule has 0 radical (unpaired) electrons. The molecule has 2 N–H and O–H groups in total. The monoisotopic (exact) mass is 347 g/mol. The largest absolute Gasteiger partial charge is 0.494 e. The van der Waals surface area contributed by atoms with Crippen molar-refractivity contribution < 1.29 is 18.8 Å². The van der Waals surface area contributed by atoms with Crippen LogP contribution in [0.25, 0.3) is 0 Å². The number of rotatable bonds is 5. The van der Waals surface area contributed by atoms with Gasteiger partial charge in [-0.1, -0.05) is 5.16 Å². The molecule has 2 aromatic rings. The summed E-state index contributed by atoms with van der Waals surface area (Å²) >= 11 is 0. The topological polar surface area (TPSA) is 85.6 Å². The number of nitrogens with zero attached hydrogens (tertiary/aromatic N) is 1. The molecule has 0 bridgehead atoms. The van der Waals surface area contributed by atoms with Gasteiger partial charge in [-0.3, -0.25) is 5.32 Å². The van der Waals surface area contributed by atoms with Crippen LogP contribution >= 0.6 is 0 Å². The molecule has 0 unspecified atom stereocenters. The Bertz CT molecular complexity index is 728. The lowest BCUT2D eigenvalue weighted by Gasteiger charge is -2.20. The number of anilines is 2. The lowest BCUT2D eigenvalue weighted by Crippen LogP contribution is -2.27. The molecule has 0 fully saturated rings. The zero-order chi connectivity index (χ0) is 18.6. The Morgan fingerprint density at radius 1 is 1.28 bits per heavy atom. The number of nitrogens with one attached hydrogen (secondary N) is 2. The van der Waals surface area contributed by atoms with Gasteiger partial charge in [0.25, 0.3) is 0 Å². The van der Waals surface area contributed by atoms with Crippen LogP contribution in [0.2, 0.25) is 0 Å². The summed E-state index contributed by atoms with van der Waals surface area (Å²) in [6.07, 6.45) is -0.526. The summed E-state index contributed by atoms with van der Waals surface area (Å²) in [5.74, 6) is 1.33. The number of carbonyl (C=O) groups is 1. The Morgan fingerprint density at radius 3 is 2.56 bits per heavy atom. The molecule has 1 heterocycles. The summed E-state index contributed by atoms with van der Waals surface area (Å²) in [5, 5.41) is 9.93. The maximum Gasteiger partial charge on any atom is 0.412 e. The number of carbonyl (C=O) groups excluding carboxylic acids is 1. The van der Waals surface area contributed by atoms with Gasteiger partial charge in [-0.15, -0.1) is 0 Å². The predicted octanol–water partition coefficient (Wildman–Crippen LogP) is 4.26. The predicted molar refractivity (Wildman–Crippen MR) is 96.2 cm³/mol. The van der Waals surface area contributed by atoms with E-state index in [0.717, 1.165) is 22.7 Å². The summed E-state index contributed by atoms with van der Waals surface area (Å²) in [6.45, 7) is 9.80. The standard InChI is InChI=1S/C18H25N3O4/c1-11-14(12(2)25-21-11)10-19-13-7-8-15(16(9-13)23-6)20-17(22)24-18(3,4)5/h7-9,19H,10H2,1-6H3,(H,20,22). The van der Waals surface area contributed by atoms with Crippen LogP contribution in [0.5, 0.6) is 5.75 Å². The average Bonchev–Trinajstić information content (AvgIpc) is 2.83. The molecule has 2 rings (SSSR count). The molecule has 1 aromatic carbocycles. The highest BCUT2D eigenvalue weighted by molar-refractivity contribution is 5.87. The maximum atomic E-state index is 11.9. The van der Waals surface area contributed by atoms with E-state index in [1.54, 1.807) is 13.2 Å². The van der Waals surface area contributed by atoms with E-state index in [4.69, 9.17) is 14.0 Å². The number of benzene rings is 1. The van der Waals surface area contributed by atoms with Gasteiger partial charge in [-0.2, -0.15) is 0 Å². The van der Waals surface area contributed by atoms with E-state index in [1.165, 1.54) is 0 Å². The molecule has 0 aliphatic heterocycles. The third kappa shape index (κ3) is 5.14. The lowest BCUT2D eigenvalue weighted by atomic mass is 10.2. The van der Waals surface area contributed by atoms with Gasteiger partial charge in [0.05, 0.1) is 18.5 Å². The van der Waals surface area contributed by atoms with Crippen molar-refractivity contribution in [3.8, 4) is 5.75 Å². The first-order valence-corrected chi connectivity index (χ1v) is 8.03. The average molecular weight is 347 g/mol. The molecule has 25 heavy (non-hydrogen) atoms.